The van der Waals surface area contributed by atoms with E-state index in [0.717, 1.165) is 22.2 Å². The first-order valence-electron chi connectivity index (χ1n) is 13.2. The van der Waals surface area contributed by atoms with Gasteiger partial charge in [-0.1, -0.05) is 26.0 Å². The lowest BCUT2D eigenvalue weighted by atomic mass is 9.91. The molecule has 206 valence electrons. The molecule has 1 saturated heterocycles. The minimum atomic E-state index is -0.919. The molecule has 0 saturated carbocycles. The van der Waals surface area contributed by atoms with E-state index in [1.54, 1.807) is 38.5 Å². The van der Waals surface area contributed by atoms with Crippen LogP contribution in [0.3, 0.4) is 0 Å². The number of methoxy groups -OCH3 is 2. The van der Waals surface area contributed by atoms with E-state index in [-0.39, 0.29) is 23.2 Å². The van der Waals surface area contributed by atoms with Crippen molar-refractivity contribution in [3.8, 4) is 11.5 Å². The van der Waals surface area contributed by atoms with Crippen LogP contribution in [0.1, 0.15) is 59.2 Å². The van der Waals surface area contributed by atoms with E-state index in [9.17, 15) is 14.7 Å². The van der Waals surface area contributed by atoms with Crippen LogP contribution in [0.25, 0.3) is 16.8 Å². The molecule has 0 bridgehead atoms. The fraction of sp³-hybridized carbons (Fsp3) is 0.281. The first kappa shape index (κ1) is 27.0. The van der Waals surface area contributed by atoms with Gasteiger partial charge in [0.25, 0.3) is 5.78 Å². The second kappa shape index (κ2) is 10.2. The van der Waals surface area contributed by atoms with Crippen molar-refractivity contribution >= 4 is 34.4 Å². The Labute approximate surface area is 233 Å². The lowest BCUT2D eigenvalue weighted by molar-refractivity contribution is -0.132. The molecule has 1 aromatic heterocycles. The average molecular weight is 540 g/mol. The Morgan fingerprint density at radius 3 is 2.25 bits per heavy atom. The van der Waals surface area contributed by atoms with E-state index in [4.69, 9.17) is 9.47 Å². The van der Waals surface area contributed by atoms with Gasteiger partial charge in [-0.05, 0) is 90.9 Å². The summed E-state index contributed by atoms with van der Waals surface area (Å²) >= 11 is 0. The highest BCUT2D eigenvalue weighted by Gasteiger charge is 2.48. The second-order valence-corrected chi connectivity index (χ2v) is 10.5. The largest absolute Gasteiger partial charge is 0.507 e. The van der Waals surface area contributed by atoms with Gasteiger partial charge in [-0.3, -0.25) is 14.5 Å². The van der Waals surface area contributed by atoms with Crippen molar-refractivity contribution in [3.05, 3.63) is 87.5 Å². The van der Waals surface area contributed by atoms with Crippen molar-refractivity contribution in [1.29, 1.82) is 0 Å². The summed E-state index contributed by atoms with van der Waals surface area (Å²) < 4.78 is 10.9. The molecule has 8 nitrogen and oxygen atoms in total. The minimum absolute atomic E-state index is 0.00837. The lowest BCUT2D eigenvalue weighted by Gasteiger charge is -2.23. The third kappa shape index (κ3) is 4.39. The smallest absolute Gasteiger partial charge is 0.302 e. The monoisotopic (exact) mass is 539 g/mol. The average Bonchev–Trinajstić information content (AvgIpc) is 3.45. The normalized spacial score (nSPS) is 16.8. The molecule has 1 atom stereocenters. The number of Topliss-reactive ketones (excluding diaryl/α,β-unsaturated/α-hetero) is 1. The highest BCUT2D eigenvalue weighted by molar-refractivity contribution is 6.51. The number of hydrogen-bond donors (Lipinski definition) is 2. The molecule has 2 heterocycles. The fourth-order valence-electron chi connectivity index (χ4n) is 5.25. The van der Waals surface area contributed by atoms with Crippen LogP contribution in [-0.2, 0) is 9.59 Å². The number of H-pyrrole nitrogens is 1. The number of anilines is 1. The molecule has 4 aromatic rings. The van der Waals surface area contributed by atoms with Gasteiger partial charge in [0.2, 0.25) is 5.95 Å². The summed E-state index contributed by atoms with van der Waals surface area (Å²) in [7, 11) is 3.17. The van der Waals surface area contributed by atoms with Crippen LogP contribution in [0.2, 0.25) is 0 Å². The number of nitrogens with zero attached hydrogens (tertiary/aromatic N) is 2. The number of imidazole rings is 1. The number of amides is 1. The van der Waals surface area contributed by atoms with Crippen LogP contribution in [0.5, 0.6) is 11.5 Å². The van der Waals surface area contributed by atoms with Gasteiger partial charge in [0.1, 0.15) is 17.3 Å². The maximum Gasteiger partial charge on any atom is 0.302 e. The number of aliphatic hydroxyl groups is 1. The van der Waals surface area contributed by atoms with Crippen LogP contribution in [-0.4, -0.2) is 41.0 Å². The van der Waals surface area contributed by atoms with E-state index in [0.29, 0.717) is 33.7 Å². The van der Waals surface area contributed by atoms with E-state index in [2.05, 4.69) is 9.97 Å². The quantitative estimate of drug-likeness (QED) is 0.170. The number of aryl methyl sites for hydroxylation is 3. The van der Waals surface area contributed by atoms with Gasteiger partial charge in [0.05, 0.1) is 36.9 Å². The summed E-state index contributed by atoms with van der Waals surface area (Å²) in [4.78, 5) is 36.6. The minimum Gasteiger partial charge on any atom is -0.507 e. The van der Waals surface area contributed by atoms with Crippen molar-refractivity contribution in [2.45, 2.75) is 46.6 Å². The molecule has 0 radical (unpaired) electrons. The number of ketones is 1. The molecular formula is C32H33N3O5. The number of aromatic nitrogens is 2. The van der Waals surface area contributed by atoms with E-state index in [1.807, 2.05) is 58.9 Å². The summed E-state index contributed by atoms with van der Waals surface area (Å²) in [5.41, 5.74) is 6.26. The summed E-state index contributed by atoms with van der Waals surface area (Å²) in [6.07, 6.45) is 0. The third-order valence-electron chi connectivity index (χ3n) is 7.64. The first-order valence-corrected chi connectivity index (χ1v) is 13.2. The fourth-order valence-corrected chi connectivity index (χ4v) is 5.25. The lowest BCUT2D eigenvalue weighted by Crippen LogP contribution is -2.30. The topological polar surface area (TPSA) is 105 Å². The van der Waals surface area contributed by atoms with Crippen molar-refractivity contribution in [2.75, 3.05) is 19.1 Å². The Kier molecular flexibility index (Phi) is 6.87. The van der Waals surface area contributed by atoms with Crippen LogP contribution >= 0.6 is 0 Å². The number of hydrogen-bond acceptors (Lipinski definition) is 6. The van der Waals surface area contributed by atoms with E-state index in [1.165, 1.54) is 4.90 Å². The molecular weight excluding hydrogens is 506 g/mol. The Morgan fingerprint density at radius 1 is 0.950 bits per heavy atom. The Bertz CT molecular complexity index is 1640. The molecule has 0 aliphatic carbocycles. The molecule has 5 rings (SSSR count). The van der Waals surface area contributed by atoms with Crippen LogP contribution in [0.4, 0.5) is 5.95 Å². The number of rotatable bonds is 6. The maximum atomic E-state index is 13.7. The number of benzene rings is 3. The Balaban J connectivity index is 1.75. The summed E-state index contributed by atoms with van der Waals surface area (Å²) in [6.45, 7) is 9.89. The Morgan fingerprint density at radius 2 is 1.62 bits per heavy atom. The van der Waals surface area contributed by atoms with Gasteiger partial charge in [0.15, 0.2) is 0 Å². The van der Waals surface area contributed by atoms with Gasteiger partial charge in [-0.25, -0.2) is 4.98 Å². The second-order valence-electron chi connectivity index (χ2n) is 10.5. The van der Waals surface area contributed by atoms with Gasteiger partial charge in [0, 0.05) is 5.56 Å². The molecule has 40 heavy (non-hydrogen) atoms. The zero-order valence-electron chi connectivity index (χ0n) is 23.7. The predicted molar refractivity (Wildman–Crippen MR) is 155 cm³/mol. The van der Waals surface area contributed by atoms with E-state index < -0.39 is 17.7 Å². The van der Waals surface area contributed by atoms with Crippen molar-refractivity contribution in [1.82, 2.24) is 9.97 Å². The molecule has 1 aliphatic heterocycles. The standard InChI is InChI=1S/C32H33N3O5/c1-16(2)22-15-23(19(5)14-26(22)40-7)29(36)27-28(20-8-10-21(39-6)11-9-20)35(31(38)30(27)37)32-33-24-12-17(3)18(4)13-25(24)34-32/h8-16,28,36H,1-7H3,(H,33,34)/b29-27+. The number of nitrogens with one attached hydrogen (secondary N) is 1. The van der Waals surface area contributed by atoms with Crippen LogP contribution in [0, 0.1) is 20.8 Å². The molecule has 1 fully saturated rings. The zero-order chi connectivity index (χ0) is 28.9. The number of ether oxygens (including phenoxy) is 2. The summed E-state index contributed by atoms with van der Waals surface area (Å²) in [5.74, 6) is -0.142. The predicted octanol–water partition coefficient (Wildman–Crippen LogP) is 6.26. The summed E-state index contributed by atoms with van der Waals surface area (Å²) in [5, 5.41) is 11.8. The van der Waals surface area contributed by atoms with Crippen molar-refractivity contribution < 1.29 is 24.2 Å². The first-order chi connectivity index (χ1) is 19.0. The number of aromatic amines is 1. The molecule has 1 amide bonds. The molecule has 1 aliphatic rings. The highest BCUT2D eigenvalue weighted by atomic mass is 16.5. The summed E-state index contributed by atoms with van der Waals surface area (Å²) in [6, 6.07) is 13.8. The highest BCUT2D eigenvalue weighted by Crippen LogP contribution is 2.43. The zero-order valence-corrected chi connectivity index (χ0v) is 23.7. The molecule has 2 N–H and O–H groups in total. The van der Waals surface area contributed by atoms with Gasteiger partial charge in [-0.15, -0.1) is 0 Å². The molecule has 3 aromatic carbocycles. The number of carbonyl (C=O) groups is 2. The molecule has 1 unspecified atom stereocenters. The number of fused-ring (bicyclic) bond motifs is 1. The van der Waals surface area contributed by atoms with Gasteiger partial charge < -0.3 is 19.6 Å². The number of aliphatic hydroxyl groups excluding tert-OH is 1. The molecule has 0 spiro atoms. The SMILES string of the molecule is COc1ccc(C2/C(=C(\O)c3cc(C(C)C)c(OC)cc3C)C(=O)C(=O)N2c2nc3cc(C)c(C)cc3[nH]2)cc1. The van der Waals surface area contributed by atoms with Crippen molar-refractivity contribution in [2.24, 2.45) is 0 Å². The molecule has 8 heteroatoms. The van der Waals surface area contributed by atoms with Crippen LogP contribution in [0.15, 0.2) is 54.1 Å². The number of carbonyl (C=O) groups excluding carboxylic acids is 2. The third-order valence-corrected chi connectivity index (χ3v) is 7.64. The van der Waals surface area contributed by atoms with E-state index >= 15 is 0 Å². The van der Waals surface area contributed by atoms with Crippen molar-refractivity contribution in [3.63, 3.8) is 0 Å². The van der Waals surface area contributed by atoms with Crippen LogP contribution < -0.4 is 14.4 Å². The Hall–Kier alpha value is -4.59. The van der Waals surface area contributed by atoms with Gasteiger partial charge in [-0.2, -0.15) is 0 Å². The van der Waals surface area contributed by atoms with Gasteiger partial charge >= 0.3 is 5.91 Å². The maximum absolute atomic E-state index is 13.7.